The summed E-state index contributed by atoms with van der Waals surface area (Å²) in [6.07, 6.45) is 1.45. The minimum absolute atomic E-state index is 0.663. The number of aryl methyl sites for hydroxylation is 1. The Hall–Kier alpha value is -1.80. The number of aromatic nitrogens is 3. The van der Waals surface area contributed by atoms with Crippen molar-refractivity contribution < 1.29 is 0 Å². The van der Waals surface area contributed by atoms with Gasteiger partial charge in [-0.2, -0.15) is 10.4 Å². The van der Waals surface area contributed by atoms with Gasteiger partial charge >= 0.3 is 0 Å². The number of nitrogens with zero attached hydrogens (tertiary/aromatic N) is 3. The van der Waals surface area contributed by atoms with Gasteiger partial charge in [0.25, 0.3) is 0 Å². The molecular formula is C10H8N4S. The molecule has 74 valence electrons. The van der Waals surface area contributed by atoms with Crippen LogP contribution in [0.2, 0.25) is 0 Å². The largest absolute Gasteiger partial charge is 0.254 e. The molecular weight excluding hydrogens is 208 g/mol. The molecule has 1 aromatic carbocycles. The summed E-state index contributed by atoms with van der Waals surface area (Å²) in [4.78, 5) is 4.88. The van der Waals surface area contributed by atoms with Crippen molar-refractivity contribution in [2.24, 2.45) is 0 Å². The molecule has 0 atom stereocenters. The Morgan fingerprint density at radius 2 is 2.33 bits per heavy atom. The Morgan fingerprint density at radius 3 is 3.00 bits per heavy atom. The minimum atomic E-state index is 0.663. The van der Waals surface area contributed by atoms with E-state index in [0.717, 1.165) is 10.5 Å². The lowest BCUT2D eigenvalue weighted by atomic mass is 10.2. The van der Waals surface area contributed by atoms with Crippen LogP contribution in [0.5, 0.6) is 0 Å². The van der Waals surface area contributed by atoms with Gasteiger partial charge in [0.1, 0.15) is 12.4 Å². The highest BCUT2D eigenvalue weighted by atomic mass is 32.2. The molecule has 0 aliphatic carbocycles. The van der Waals surface area contributed by atoms with E-state index >= 15 is 0 Å². The quantitative estimate of drug-likeness (QED) is 0.835. The third-order valence-corrected chi connectivity index (χ3v) is 2.82. The molecule has 0 aliphatic rings. The first-order valence-corrected chi connectivity index (χ1v) is 5.15. The van der Waals surface area contributed by atoms with Gasteiger partial charge in [-0.15, -0.1) is 0 Å². The van der Waals surface area contributed by atoms with Gasteiger partial charge in [0.15, 0.2) is 5.16 Å². The van der Waals surface area contributed by atoms with Crippen LogP contribution in [0.4, 0.5) is 0 Å². The van der Waals surface area contributed by atoms with Crippen molar-refractivity contribution in [1.82, 2.24) is 15.2 Å². The molecule has 1 aromatic heterocycles. The third kappa shape index (κ3) is 2.17. The molecule has 0 unspecified atom stereocenters. The highest BCUT2D eigenvalue weighted by Gasteiger charge is 2.05. The molecule has 0 aliphatic heterocycles. The van der Waals surface area contributed by atoms with E-state index in [2.05, 4.69) is 21.3 Å². The molecule has 0 saturated carbocycles. The van der Waals surface area contributed by atoms with Gasteiger partial charge in [-0.05, 0) is 36.4 Å². The van der Waals surface area contributed by atoms with Crippen molar-refractivity contribution in [3.8, 4) is 6.07 Å². The normalized spacial score (nSPS) is 9.87. The lowest BCUT2D eigenvalue weighted by molar-refractivity contribution is 0.973. The molecule has 0 saturated heterocycles. The van der Waals surface area contributed by atoms with Crippen LogP contribution in [0.3, 0.4) is 0 Å². The fourth-order valence-corrected chi connectivity index (χ4v) is 1.92. The number of hydrogen-bond donors (Lipinski definition) is 1. The third-order valence-electron chi connectivity index (χ3n) is 1.86. The van der Waals surface area contributed by atoms with Crippen molar-refractivity contribution >= 4 is 11.8 Å². The summed E-state index contributed by atoms with van der Waals surface area (Å²) in [5, 5.41) is 16.1. The zero-order valence-electron chi connectivity index (χ0n) is 8.06. The van der Waals surface area contributed by atoms with E-state index in [0.29, 0.717) is 10.7 Å². The van der Waals surface area contributed by atoms with Crippen molar-refractivity contribution in [3.05, 3.63) is 35.7 Å². The average Bonchev–Trinajstić information content (AvgIpc) is 2.73. The summed E-state index contributed by atoms with van der Waals surface area (Å²) in [7, 11) is 0. The summed E-state index contributed by atoms with van der Waals surface area (Å²) < 4.78 is 0. The first-order chi connectivity index (χ1) is 7.29. The maximum Gasteiger partial charge on any atom is 0.188 e. The predicted octanol–water partition coefficient (Wildman–Crippen LogP) is 2.14. The zero-order valence-corrected chi connectivity index (χ0v) is 8.88. The Balaban J connectivity index is 2.33. The van der Waals surface area contributed by atoms with Crippen molar-refractivity contribution in [3.63, 3.8) is 0 Å². The van der Waals surface area contributed by atoms with Crippen LogP contribution in [0.1, 0.15) is 11.1 Å². The fourth-order valence-electron chi connectivity index (χ4n) is 1.17. The molecule has 15 heavy (non-hydrogen) atoms. The topological polar surface area (TPSA) is 65.4 Å². The molecule has 2 aromatic rings. The first kappa shape index (κ1) is 9.74. The van der Waals surface area contributed by atoms with E-state index in [-0.39, 0.29) is 0 Å². The maximum absolute atomic E-state index is 8.96. The highest BCUT2D eigenvalue weighted by molar-refractivity contribution is 7.99. The van der Waals surface area contributed by atoms with Crippen LogP contribution in [-0.2, 0) is 0 Å². The summed E-state index contributed by atoms with van der Waals surface area (Å²) in [6.45, 7) is 1.96. The van der Waals surface area contributed by atoms with Gasteiger partial charge in [-0.3, -0.25) is 5.10 Å². The molecule has 5 heteroatoms. The Bertz CT molecular complexity index is 499. The molecule has 0 bridgehead atoms. The SMILES string of the molecule is Cc1ccc(Sc2ncn[nH]2)c(C#N)c1. The van der Waals surface area contributed by atoms with Crippen LogP contribution in [-0.4, -0.2) is 15.2 Å². The predicted molar refractivity (Wildman–Crippen MR) is 56.4 cm³/mol. The van der Waals surface area contributed by atoms with Gasteiger partial charge < -0.3 is 0 Å². The van der Waals surface area contributed by atoms with E-state index in [4.69, 9.17) is 5.26 Å². The van der Waals surface area contributed by atoms with Crippen LogP contribution in [0, 0.1) is 18.3 Å². The number of H-pyrrole nitrogens is 1. The second kappa shape index (κ2) is 4.15. The summed E-state index contributed by atoms with van der Waals surface area (Å²) in [5.41, 5.74) is 1.74. The van der Waals surface area contributed by atoms with E-state index < -0.39 is 0 Å². The van der Waals surface area contributed by atoms with E-state index in [1.165, 1.54) is 18.1 Å². The van der Waals surface area contributed by atoms with Crippen LogP contribution in [0.25, 0.3) is 0 Å². The molecule has 4 nitrogen and oxygen atoms in total. The molecule has 1 heterocycles. The zero-order chi connectivity index (χ0) is 10.7. The lowest BCUT2D eigenvalue weighted by Gasteiger charge is -2.01. The van der Waals surface area contributed by atoms with Crippen molar-refractivity contribution in [2.75, 3.05) is 0 Å². The summed E-state index contributed by atoms with van der Waals surface area (Å²) in [5.74, 6) is 0. The first-order valence-electron chi connectivity index (χ1n) is 4.33. The molecule has 0 amide bonds. The van der Waals surface area contributed by atoms with Crippen LogP contribution < -0.4 is 0 Å². The average molecular weight is 216 g/mol. The number of benzene rings is 1. The number of nitrogens with one attached hydrogen (secondary N) is 1. The summed E-state index contributed by atoms with van der Waals surface area (Å²) >= 11 is 1.40. The van der Waals surface area contributed by atoms with Gasteiger partial charge in [0.2, 0.25) is 0 Å². The number of nitriles is 1. The summed E-state index contributed by atoms with van der Waals surface area (Å²) in [6, 6.07) is 7.92. The smallest absolute Gasteiger partial charge is 0.188 e. The number of rotatable bonds is 2. The lowest BCUT2D eigenvalue weighted by Crippen LogP contribution is -1.84. The van der Waals surface area contributed by atoms with E-state index in [1.54, 1.807) is 0 Å². The van der Waals surface area contributed by atoms with E-state index in [9.17, 15) is 0 Å². The molecule has 0 spiro atoms. The highest BCUT2D eigenvalue weighted by Crippen LogP contribution is 2.27. The van der Waals surface area contributed by atoms with Crippen LogP contribution >= 0.6 is 11.8 Å². The number of hydrogen-bond acceptors (Lipinski definition) is 4. The molecule has 1 N–H and O–H groups in total. The van der Waals surface area contributed by atoms with Crippen molar-refractivity contribution in [1.29, 1.82) is 5.26 Å². The van der Waals surface area contributed by atoms with Gasteiger partial charge in [-0.25, -0.2) is 4.98 Å². The Morgan fingerprint density at radius 1 is 1.47 bits per heavy atom. The second-order valence-electron chi connectivity index (χ2n) is 3.00. The Kier molecular flexibility index (Phi) is 2.70. The second-order valence-corrected chi connectivity index (χ2v) is 4.03. The van der Waals surface area contributed by atoms with Gasteiger partial charge in [0.05, 0.1) is 5.56 Å². The van der Waals surface area contributed by atoms with E-state index in [1.807, 2.05) is 25.1 Å². The molecule has 0 radical (unpaired) electrons. The Labute approximate surface area is 91.4 Å². The minimum Gasteiger partial charge on any atom is -0.254 e. The van der Waals surface area contributed by atoms with Gasteiger partial charge in [0, 0.05) is 4.90 Å². The molecule has 2 rings (SSSR count). The number of aromatic amines is 1. The van der Waals surface area contributed by atoms with Crippen LogP contribution in [0.15, 0.2) is 34.6 Å². The fraction of sp³-hybridized carbons (Fsp3) is 0.100. The van der Waals surface area contributed by atoms with Gasteiger partial charge in [-0.1, -0.05) is 6.07 Å². The maximum atomic E-state index is 8.96. The van der Waals surface area contributed by atoms with Crippen molar-refractivity contribution in [2.45, 2.75) is 17.0 Å². The standard InChI is InChI=1S/C10H8N4S/c1-7-2-3-9(8(4-7)5-11)15-10-12-6-13-14-10/h2-4,6H,1H3,(H,12,13,14). The monoisotopic (exact) mass is 216 g/mol. The molecule has 0 fully saturated rings.